The van der Waals surface area contributed by atoms with Gasteiger partial charge in [0.05, 0.1) is 0 Å². The Morgan fingerprint density at radius 3 is 2.55 bits per heavy atom. The molecule has 0 atom stereocenters. The largest absolute Gasteiger partial charge is 0.481 e. The highest BCUT2D eigenvalue weighted by molar-refractivity contribution is 5.66. The molecule has 1 N–H and O–H groups in total. The summed E-state index contributed by atoms with van der Waals surface area (Å²) in [5.41, 5.74) is 0. The number of hydrogen-bond acceptors (Lipinski definition) is 1. The molecule has 0 radical (unpaired) electrons. The van der Waals surface area contributed by atoms with Gasteiger partial charge in [-0.15, -0.1) is 0 Å². The Labute approximate surface area is 66.2 Å². The maximum Gasteiger partial charge on any atom is 0.303 e. The molecule has 2 nitrogen and oxygen atoms in total. The fourth-order valence-electron chi connectivity index (χ4n) is 1.16. The Morgan fingerprint density at radius 1 is 1.36 bits per heavy atom. The number of rotatable bonds is 4. The summed E-state index contributed by atoms with van der Waals surface area (Å²) in [6.07, 6.45) is 10.2. The molecule has 60 valence electrons. The van der Waals surface area contributed by atoms with Crippen LogP contribution in [0.5, 0.6) is 0 Å². The van der Waals surface area contributed by atoms with Crippen LogP contribution in [0.1, 0.15) is 19.3 Å². The van der Waals surface area contributed by atoms with Gasteiger partial charge in [-0.2, -0.15) is 0 Å². The molecule has 0 bridgehead atoms. The molecular formula is C9H12O2. The van der Waals surface area contributed by atoms with Gasteiger partial charge in [-0.1, -0.05) is 24.3 Å². The van der Waals surface area contributed by atoms with Gasteiger partial charge in [0.25, 0.3) is 0 Å². The topological polar surface area (TPSA) is 37.3 Å². The number of hydrogen-bond donors (Lipinski definition) is 1. The van der Waals surface area contributed by atoms with Gasteiger partial charge in [0, 0.05) is 6.42 Å². The van der Waals surface area contributed by atoms with E-state index in [1.54, 1.807) is 0 Å². The zero-order valence-electron chi connectivity index (χ0n) is 6.36. The SMILES string of the molecule is O=C(O)CCCC1C=CC=C1. The van der Waals surface area contributed by atoms with E-state index < -0.39 is 5.97 Å². The van der Waals surface area contributed by atoms with Crippen molar-refractivity contribution >= 4 is 5.97 Å². The summed E-state index contributed by atoms with van der Waals surface area (Å²) in [5, 5.41) is 8.35. The van der Waals surface area contributed by atoms with Gasteiger partial charge >= 0.3 is 5.97 Å². The van der Waals surface area contributed by atoms with Crippen LogP contribution in [0.2, 0.25) is 0 Å². The molecule has 0 aromatic heterocycles. The first-order valence-electron chi connectivity index (χ1n) is 3.86. The summed E-state index contributed by atoms with van der Waals surface area (Å²) >= 11 is 0. The first-order valence-corrected chi connectivity index (χ1v) is 3.86. The maximum absolute atomic E-state index is 10.1. The molecule has 0 saturated carbocycles. The molecule has 0 aliphatic heterocycles. The minimum absolute atomic E-state index is 0.290. The Kier molecular flexibility index (Phi) is 2.90. The number of allylic oxidation sites excluding steroid dienone is 4. The highest BCUT2D eigenvalue weighted by Crippen LogP contribution is 2.15. The smallest absolute Gasteiger partial charge is 0.303 e. The Morgan fingerprint density at radius 2 is 2.00 bits per heavy atom. The van der Waals surface area contributed by atoms with Crippen molar-refractivity contribution in [3.05, 3.63) is 24.3 Å². The van der Waals surface area contributed by atoms with Gasteiger partial charge < -0.3 is 5.11 Å². The van der Waals surface area contributed by atoms with E-state index in [0.29, 0.717) is 5.92 Å². The second kappa shape index (κ2) is 3.96. The van der Waals surface area contributed by atoms with Crippen molar-refractivity contribution < 1.29 is 9.90 Å². The van der Waals surface area contributed by atoms with Crippen LogP contribution in [0.3, 0.4) is 0 Å². The van der Waals surface area contributed by atoms with Crippen molar-refractivity contribution in [2.24, 2.45) is 5.92 Å². The van der Waals surface area contributed by atoms with Gasteiger partial charge in [-0.05, 0) is 18.8 Å². The van der Waals surface area contributed by atoms with E-state index in [2.05, 4.69) is 12.2 Å². The van der Waals surface area contributed by atoms with Crippen LogP contribution in [0.15, 0.2) is 24.3 Å². The van der Waals surface area contributed by atoms with Crippen LogP contribution in [0.4, 0.5) is 0 Å². The highest BCUT2D eigenvalue weighted by Gasteiger charge is 2.04. The molecule has 0 amide bonds. The average Bonchev–Trinajstić information content (AvgIpc) is 2.39. The second-order valence-electron chi connectivity index (χ2n) is 2.72. The number of carboxylic acid groups (broad SMARTS) is 1. The van der Waals surface area contributed by atoms with Gasteiger partial charge in [0.2, 0.25) is 0 Å². The molecule has 0 aromatic rings. The van der Waals surface area contributed by atoms with E-state index in [0.717, 1.165) is 12.8 Å². The zero-order chi connectivity index (χ0) is 8.10. The minimum atomic E-state index is -0.698. The molecule has 2 heteroatoms. The number of carbonyl (C=O) groups is 1. The molecule has 1 aliphatic carbocycles. The van der Waals surface area contributed by atoms with Crippen molar-refractivity contribution in [2.75, 3.05) is 0 Å². The van der Waals surface area contributed by atoms with Crippen LogP contribution in [-0.4, -0.2) is 11.1 Å². The zero-order valence-corrected chi connectivity index (χ0v) is 6.36. The minimum Gasteiger partial charge on any atom is -0.481 e. The third kappa shape index (κ3) is 3.03. The lowest BCUT2D eigenvalue weighted by atomic mass is 10.0. The fourth-order valence-corrected chi connectivity index (χ4v) is 1.16. The van der Waals surface area contributed by atoms with E-state index in [4.69, 9.17) is 5.11 Å². The maximum atomic E-state index is 10.1. The molecule has 0 unspecified atom stereocenters. The van der Waals surface area contributed by atoms with Crippen molar-refractivity contribution in [3.63, 3.8) is 0 Å². The van der Waals surface area contributed by atoms with Crippen molar-refractivity contribution in [3.8, 4) is 0 Å². The molecule has 0 aromatic carbocycles. The summed E-state index contributed by atoms with van der Waals surface area (Å²) in [6.45, 7) is 0. The van der Waals surface area contributed by atoms with Gasteiger partial charge in [-0.25, -0.2) is 0 Å². The highest BCUT2D eigenvalue weighted by atomic mass is 16.4. The monoisotopic (exact) mass is 152 g/mol. The molecular weight excluding hydrogens is 140 g/mol. The first-order chi connectivity index (χ1) is 5.29. The van der Waals surface area contributed by atoms with Crippen LogP contribution >= 0.6 is 0 Å². The molecule has 0 spiro atoms. The molecule has 1 aliphatic rings. The predicted octanol–water partition coefficient (Wildman–Crippen LogP) is 1.98. The summed E-state index contributed by atoms with van der Waals surface area (Å²) in [5.74, 6) is -0.217. The first kappa shape index (κ1) is 8.05. The lowest BCUT2D eigenvalue weighted by molar-refractivity contribution is -0.137. The summed E-state index contributed by atoms with van der Waals surface area (Å²) < 4.78 is 0. The summed E-state index contributed by atoms with van der Waals surface area (Å²) in [4.78, 5) is 10.1. The van der Waals surface area contributed by atoms with Gasteiger partial charge in [0.15, 0.2) is 0 Å². The van der Waals surface area contributed by atoms with E-state index in [-0.39, 0.29) is 6.42 Å². The lowest BCUT2D eigenvalue weighted by Crippen LogP contribution is -1.96. The van der Waals surface area contributed by atoms with Crippen LogP contribution in [-0.2, 0) is 4.79 Å². The molecule has 0 heterocycles. The van der Waals surface area contributed by atoms with Gasteiger partial charge in [-0.3, -0.25) is 4.79 Å². The standard InChI is InChI=1S/C9H12O2/c10-9(11)7-3-6-8-4-1-2-5-8/h1-2,4-5,8H,3,6-7H2,(H,10,11). The van der Waals surface area contributed by atoms with Gasteiger partial charge in [0.1, 0.15) is 0 Å². The van der Waals surface area contributed by atoms with Crippen molar-refractivity contribution in [1.82, 2.24) is 0 Å². The lowest BCUT2D eigenvalue weighted by Gasteiger charge is -2.01. The molecule has 11 heavy (non-hydrogen) atoms. The van der Waals surface area contributed by atoms with E-state index in [9.17, 15) is 4.79 Å². The molecule has 1 rings (SSSR count). The molecule has 0 saturated heterocycles. The third-order valence-corrected chi connectivity index (χ3v) is 1.76. The van der Waals surface area contributed by atoms with E-state index in [1.165, 1.54) is 0 Å². The van der Waals surface area contributed by atoms with Crippen LogP contribution in [0, 0.1) is 5.92 Å². The summed E-state index contributed by atoms with van der Waals surface area (Å²) in [6, 6.07) is 0. The average molecular weight is 152 g/mol. The van der Waals surface area contributed by atoms with Crippen LogP contribution < -0.4 is 0 Å². The Hall–Kier alpha value is -1.05. The Balaban J connectivity index is 2.08. The fraction of sp³-hybridized carbons (Fsp3) is 0.444. The summed E-state index contributed by atoms with van der Waals surface area (Å²) in [7, 11) is 0. The Bertz CT molecular complexity index is 180. The van der Waals surface area contributed by atoms with Crippen LogP contribution in [0.25, 0.3) is 0 Å². The normalized spacial score (nSPS) is 16.0. The van der Waals surface area contributed by atoms with Crippen molar-refractivity contribution in [2.45, 2.75) is 19.3 Å². The van der Waals surface area contributed by atoms with E-state index in [1.807, 2.05) is 12.2 Å². The number of aliphatic carboxylic acids is 1. The van der Waals surface area contributed by atoms with E-state index >= 15 is 0 Å². The number of carboxylic acids is 1. The third-order valence-electron chi connectivity index (χ3n) is 1.76. The second-order valence-corrected chi connectivity index (χ2v) is 2.72. The quantitative estimate of drug-likeness (QED) is 0.668. The molecule has 0 fully saturated rings. The predicted molar refractivity (Wildman–Crippen MR) is 43.3 cm³/mol. The van der Waals surface area contributed by atoms with Crippen molar-refractivity contribution in [1.29, 1.82) is 0 Å².